The van der Waals surface area contributed by atoms with E-state index in [0.29, 0.717) is 11.5 Å². The van der Waals surface area contributed by atoms with Gasteiger partial charge in [0.05, 0.1) is 6.54 Å². The highest BCUT2D eigenvalue weighted by molar-refractivity contribution is 7.89. The summed E-state index contributed by atoms with van der Waals surface area (Å²) in [5.74, 6) is 0.884. The van der Waals surface area contributed by atoms with Crippen molar-refractivity contribution in [3.8, 4) is 0 Å². The first-order valence-corrected chi connectivity index (χ1v) is 8.03. The molecule has 1 unspecified atom stereocenters. The molecular formula is C13H22N2O3S. The molecule has 1 aromatic heterocycles. The average molecular weight is 286 g/mol. The minimum atomic E-state index is -3.51. The lowest BCUT2D eigenvalue weighted by molar-refractivity contribution is 0.372. The number of nitrogens with two attached hydrogens (primary N) is 1. The Balaban J connectivity index is 2.16. The number of hydrogen-bond donors (Lipinski definition) is 2. The molecule has 0 saturated heterocycles. The second-order valence-corrected chi connectivity index (χ2v) is 7.74. The van der Waals surface area contributed by atoms with Crippen LogP contribution in [0.25, 0.3) is 0 Å². The third-order valence-corrected chi connectivity index (χ3v) is 5.33. The van der Waals surface area contributed by atoms with Gasteiger partial charge in [0, 0.05) is 12.1 Å². The van der Waals surface area contributed by atoms with Gasteiger partial charge in [-0.05, 0) is 31.6 Å². The molecule has 2 rings (SSSR count). The third kappa shape index (κ3) is 3.19. The Hall–Kier alpha value is -0.850. The van der Waals surface area contributed by atoms with Crippen molar-refractivity contribution in [2.45, 2.75) is 57.5 Å². The van der Waals surface area contributed by atoms with Crippen LogP contribution in [0, 0.1) is 12.3 Å². The molecule has 0 radical (unpaired) electrons. The summed E-state index contributed by atoms with van der Waals surface area (Å²) < 4.78 is 32.8. The standard InChI is InChI=1S/C13H22N2O3S/c1-9-12(6-11(8-14)18-9)19(16,17)15-10-4-5-13(2,3)7-10/h6,10,15H,4-5,7-8,14H2,1-3H3. The largest absolute Gasteiger partial charge is 0.464 e. The van der Waals surface area contributed by atoms with Crippen LogP contribution in [0.4, 0.5) is 0 Å². The van der Waals surface area contributed by atoms with Gasteiger partial charge in [-0.2, -0.15) is 0 Å². The molecule has 1 heterocycles. The van der Waals surface area contributed by atoms with Crippen LogP contribution < -0.4 is 10.5 Å². The molecule has 1 saturated carbocycles. The summed E-state index contributed by atoms with van der Waals surface area (Å²) in [6.07, 6.45) is 2.79. The van der Waals surface area contributed by atoms with Crippen molar-refractivity contribution >= 4 is 10.0 Å². The molecule has 5 nitrogen and oxygen atoms in total. The summed E-state index contributed by atoms with van der Waals surface area (Å²) in [5, 5.41) is 0. The van der Waals surface area contributed by atoms with Crippen LogP contribution in [0.2, 0.25) is 0 Å². The van der Waals surface area contributed by atoms with E-state index in [1.165, 1.54) is 6.07 Å². The first kappa shape index (κ1) is 14.6. The van der Waals surface area contributed by atoms with Crippen LogP contribution in [-0.2, 0) is 16.6 Å². The quantitative estimate of drug-likeness (QED) is 0.885. The molecule has 19 heavy (non-hydrogen) atoms. The van der Waals surface area contributed by atoms with E-state index in [1.807, 2.05) is 0 Å². The molecule has 0 spiro atoms. The Morgan fingerprint density at radius 2 is 2.21 bits per heavy atom. The van der Waals surface area contributed by atoms with Crippen LogP contribution in [0.5, 0.6) is 0 Å². The first-order chi connectivity index (χ1) is 8.73. The number of aryl methyl sites for hydroxylation is 1. The molecular weight excluding hydrogens is 264 g/mol. The van der Waals surface area contributed by atoms with E-state index < -0.39 is 10.0 Å². The molecule has 1 aromatic rings. The maximum atomic E-state index is 12.3. The van der Waals surface area contributed by atoms with Gasteiger partial charge >= 0.3 is 0 Å². The zero-order valence-corrected chi connectivity index (χ0v) is 12.5. The zero-order chi connectivity index (χ0) is 14.3. The second kappa shape index (κ2) is 4.92. The SMILES string of the molecule is Cc1oc(CN)cc1S(=O)(=O)NC1CCC(C)(C)C1. The fourth-order valence-corrected chi connectivity index (χ4v) is 4.18. The number of sulfonamides is 1. The highest BCUT2D eigenvalue weighted by atomic mass is 32.2. The molecule has 0 bridgehead atoms. The van der Waals surface area contributed by atoms with Crippen molar-refractivity contribution in [1.29, 1.82) is 0 Å². The maximum absolute atomic E-state index is 12.3. The maximum Gasteiger partial charge on any atom is 0.244 e. The van der Waals surface area contributed by atoms with E-state index in [4.69, 9.17) is 10.2 Å². The normalized spacial score (nSPS) is 22.8. The van der Waals surface area contributed by atoms with Gasteiger partial charge in [0.15, 0.2) is 0 Å². The lowest BCUT2D eigenvalue weighted by Gasteiger charge is -2.17. The smallest absolute Gasteiger partial charge is 0.244 e. The van der Waals surface area contributed by atoms with Crippen molar-refractivity contribution in [3.05, 3.63) is 17.6 Å². The summed E-state index contributed by atoms with van der Waals surface area (Å²) in [6.45, 7) is 6.17. The van der Waals surface area contributed by atoms with E-state index in [2.05, 4.69) is 18.6 Å². The highest BCUT2D eigenvalue weighted by Gasteiger charge is 2.34. The van der Waals surface area contributed by atoms with E-state index in [9.17, 15) is 8.42 Å². The molecule has 3 N–H and O–H groups in total. The van der Waals surface area contributed by atoms with Crippen LogP contribution >= 0.6 is 0 Å². The predicted molar refractivity (Wildman–Crippen MR) is 73.1 cm³/mol. The average Bonchev–Trinajstić information content (AvgIpc) is 2.81. The zero-order valence-electron chi connectivity index (χ0n) is 11.7. The van der Waals surface area contributed by atoms with Gasteiger partial charge < -0.3 is 10.2 Å². The van der Waals surface area contributed by atoms with Gasteiger partial charge in [0.2, 0.25) is 10.0 Å². The van der Waals surface area contributed by atoms with E-state index in [1.54, 1.807) is 6.92 Å². The molecule has 0 aromatic carbocycles. The number of nitrogens with one attached hydrogen (secondary N) is 1. The molecule has 0 aliphatic heterocycles. The minimum Gasteiger partial charge on any atom is -0.464 e. The topological polar surface area (TPSA) is 85.3 Å². The molecule has 1 aliphatic rings. The van der Waals surface area contributed by atoms with Crippen molar-refractivity contribution in [2.75, 3.05) is 0 Å². The molecule has 1 fully saturated rings. The minimum absolute atomic E-state index is 0.00984. The number of furan rings is 1. The molecule has 1 atom stereocenters. The number of rotatable bonds is 4. The Labute approximate surface area is 114 Å². The molecule has 0 amide bonds. The third-order valence-electron chi connectivity index (χ3n) is 3.70. The summed E-state index contributed by atoms with van der Waals surface area (Å²) in [4.78, 5) is 0.206. The Bertz CT molecular complexity index is 560. The lowest BCUT2D eigenvalue weighted by Crippen LogP contribution is -2.33. The van der Waals surface area contributed by atoms with Crippen molar-refractivity contribution in [3.63, 3.8) is 0 Å². The Morgan fingerprint density at radius 1 is 1.53 bits per heavy atom. The van der Waals surface area contributed by atoms with E-state index >= 15 is 0 Å². The number of hydrogen-bond acceptors (Lipinski definition) is 4. The summed E-state index contributed by atoms with van der Waals surface area (Å²) >= 11 is 0. The van der Waals surface area contributed by atoms with Crippen LogP contribution in [-0.4, -0.2) is 14.5 Å². The van der Waals surface area contributed by atoms with Crippen molar-refractivity contribution in [1.82, 2.24) is 4.72 Å². The Morgan fingerprint density at radius 3 is 2.68 bits per heavy atom. The molecule has 1 aliphatic carbocycles. The van der Waals surface area contributed by atoms with Crippen molar-refractivity contribution < 1.29 is 12.8 Å². The summed E-state index contributed by atoms with van der Waals surface area (Å²) in [5.41, 5.74) is 5.67. The fraction of sp³-hybridized carbons (Fsp3) is 0.692. The van der Waals surface area contributed by atoms with Gasteiger partial charge in [-0.3, -0.25) is 0 Å². The van der Waals surface area contributed by atoms with Gasteiger partial charge in [-0.15, -0.1) is 0 Å². The van der Waals surface area contributed by atoms with Crippen LogP contribution in [0.3, 0.4) is 0 Å². The lowest BCUT2D eigenvalue weighted by atomic mass is 9.92. The van der Waals surface area contributed by atoms with Crippen LogP contribution in [0.1, 0.15) is 44.6 Å². The second-order valence-electron chi connectivity index (χ2n) is 6.06. The molecule has 6 heteroatoms. The monoisotopic (exact) mass is 286 g/mol. The first-order valence-electron chi connectivity index (χ1n) is 6.55. The van der Waals surface area contributed by atoms with Gasteiger partial charge in [-0.25, -0.2) is 13.1 Å². The summed E-state index contributed by atoms with van der Waals surface area (Å²) in [6, 6.07) is 1.52. The molecule has 108 valence electrons. The van der Waals surface area contributed by atoms with Gasteiger partial charge in [0.25, 0.3) is 0 Å². The summed E-state index contributed by atoms with van der Waals surface area (Å²) in [7, 11) is -3.51. The van der Waals surface area contributed by atoms with Crippen LogP contribution in [0.15, 0.2) is 15.4 Å². The van der Waals surface area contributed by atoms with Gasteiger partial charge in [-0.1, -0.05) is 13.8 Å². The van der Waals surface area contributed by atoms with E-state index in [0.717, 1.165) is 19.3 Å². The predicted octanol–water partition coefficient (Wildman–Crippen LogP) is 1.90. The fourth-order valence-electron chi connectivity index (χ4n) is 2.71. The Kier molecular flexibility index (Phi) is 3.77. The van der Waals surface area contributed by atoms with E-state index in [-0.39, 0.29) is 22.9 Å². The van der Waals surface area contributed by atoms with Crippen molar-refractivity contribution in [2.24, 2.45) is 11.1 Å². The van der Waals surface area contributed by atoms with Gasteiger partial charge in [0.1, 0.15) is 16.4 Å². The highest BCUT2D eigenvalue weighted by Crippen LogP contribution is 2.37.